The second kappa shape index (κ2) is 7.96. The minimum absolute atomic E-state index is 0.0927. The van der Waals surface area contributed by atoms with Gasteiger partial charge >= 0.3 is 5.97 Å². The molecule has 1 heterocycles. The molecule has 0 aromatic rings. The van der Waals surface area contributed by atoms with Gasteiger partial charge in [-0.2, -0.15) is 4.89 Å². The molecule has 0 saturated carbocycles. The van der Waals surface area contributed by atoms with E-state index < -0.39 is 17.9 Å². The molecule has 1 rings (SSSR count). The summed E-state index contributed by atoms with van der Waals surface area (Å²) in [5.74, 6) is -2.51. The van der Waals surface area contributed by atoms with Crippen molar-refractivity contribution in [3.63, 3.8) is 0 Å². The van der Waals surface area contributed by atoms with E-state index in [9.17, 15) is 9.90 Å². The summed E-state index contributed by atoms with van der Waals surface area (Å²) in [6.45, 7) is 2.62. The summed E-state index contributed by atoms with van der Waals surface area (Å²) in [6, 6.07) is 0. The van der Waals surface area contributed by atoms with Crippen LogP contribution in [0.25, 0.3) is 0 Å². The normalized spacial score (nSPS) is 23.6. The number of ether oxygens (including phenoxy) is 1. The molecule has 6 nitrogen and oxygen atoms in total. The predicted molar refractivity (Wildman–Crippen MR) is 66.2 cm³/mol. The van der Waals surface area contributed by atoms with Crippen molar-refractivity contribution in [2.45, 2.75) is 38.1 Å². The number of carbonyl (C=O) groups is 1. The van der Waals surface area contributed by atoms with E-state index >= 15 is 0 Å². The van der Waals surface area contributed by atoms with E-state index in [1.54, 1.807) is 6.92 Å². The molecule has 7 heteroatoms. The van der Waals surface area contributed by atoms with Crippen LogP contribution >= 0.6 is 11.8 Å². The molecule has 2 atom stereocenters. The Labute approximate surface area is 111 Å². The van der Waals surface area contributed by atoms with Gasteiger partial charge < -0.3 is 14.9 Å². The van der Waals surface area contributed by atoms with Gasteiger partial charge in [0, 0.05) is 6.61 Å². The Morgan fingerprint density at radius 1 is 1.56 bits per heavy atom. The lowest BCUT2D eigenvalue weighted by atomic mass is 10.0. The van der Waals surface area contributed by atoms with E-state index in [0.29, 0.717) is 19.6 Å². The average Bonchev–Trinajstić information content (AvgIpc) is 2.37. The van der Waals surface area contributed by atoms with Crippen molar-refractivity contribution in [2.75, 3.05) is 24.7 Å². The second-order valence-corrected chi connectivity index (χ2v) is 5.06. The van der Waals surface area contributed by atoms with Gasteiger partial charge in [-0.3, -0.25) is 4.79 Å². The monoisotopic (exact) mass is 280 g/mol. The zero-order valence-corrected chi connectivity index (χ0v) is 11.3. The Bertz CT molecular complexity index is 256. The van der Waals surface area contributed by atoms with E-state index in [1.165, 1.54) is 0 Å². The van der Waals surface area contributed by atoms with Gasteiger partial charge in [0.05, 0.1) is 18.1 Å². The summed E-state index contributed by atoms with van der Waals surface area (Å²) in [6.07, 6.45) is 2.12. The van der Waals surface area contributed by atoms with Crippen molar-refractivity contribution in [2.24, 2.45) is 0 Å². The van der Waals surface area contributed by atoms with Crippen molar-refractivity contribution in [1.82, 2.24) is 0 Å². The van der Waals surface area contributed by atoms with Crippen molar-refractivity contribution in [3.05, 3.63) is 0 Å². The van der Waals surface area contributed by atoms with Gasteiger partial charge in [-0.25, -0.2) is 4.89 Å². The van der Waals surface area contributed by atoms with Crippen molar-refractivity contribution in [3.8, 4) is 0 Å². The number of carboxylic acids is 1. The molecule has 0 aromatic carbocycles. The van der Waals surface area contributed by atoms with Gasteiger partial charge in [-0.1, -0.05) is 0 Å². The molecule has 1 fully saturated rings. The summed E-state index contributed by atoms with van der Waals surface area (Å²) in [5, 5.41) is 19.0. The minimum atomic E-state index is -1.59. The molecule has 1 aliphatic rings. The fraction of sp³-hybridized carbons (Fsp3) is 0.909. The number of carboxylic acid groups (broad SMARTS) is 1. The van der Waals surface area contributed by atoms with E-state index in [0.717, 1.165) is 24.6 Å². The van der Waals surface area contributed by atoms with E-state index in [-0.39, 0.29) is 11.5 Å². The largest absolute Gasteiger partial charge is 0.481 e. The number of aliphatic hydroxyl groups is 1. The van der Waals surface area contributed by atoms with Crippen molar-refractivity contribution >= 4 is 17.7 Å². The van der Waals surface area contributed by atoms with Gasteiger partial charge in [0.1, 0.15) is 6.10 Å². The fourth-order valence-electron chi connectivity index (χ4n) is 1.71. The van der Waals surface area contributed by atoms with Crippen LogP contribution in [-0.4, -0.2) is 52.8 Å². The molecule has 0 amide bonds. The van der Waals surface area contributed by atoms with Crippen molar-refractivity contribution < 1.29 is 29.5 Å². The quantitative estimate of drug-likeness (QED) is 0.390. The molecule has 2 N–H and O–H groups in total. The molecule has 0 spiro atoms. The van der Waals surface area contributed by atoms with E-state index in [2.05, 4.69) is 0 Å². The van der Waals surface area contributed by atoms with Crippen LogP contribution in [0.2, 0.25) is 0 Å². The standard InChI is InChI=1S/C11H20O6S/c1-2-16-17-11(14,8-18-7-10(12)13)9-5-3-4-6-15-9/h9,14H,2-8H2,1H3,(H,12,13). The third-order valence-corrected chi connectivity index (χ3v) is 3.61. The second-order valence-electron chi connectivity index (χ2n) is 4.08. The summed E-state index contributed by atoms with van der Waals surface area (Å²) < 4.78 is 5.48. The lowest BCUT2D eigenvalue weighted by Crippen LogP contribution is -2.50. The lowest BCUT2D eigenvalue weighted by Gasteiger charge is -2.36. The molecule has 1 saturated heterocycles. The smallest absolute Gasteiger partial charge is 0.313 e. The van der Waals surface area contributed by atoms with Crippen LogP contribution < -0.4 is 0 Å². The molecule has 0 bridgehead atoms. The molecular formula is C11H20O6S. The maximum absolute atomic E-state index is 10.5. The van der Waals surface area contributed by atoms with Crippen LogP contribution in [0.1, 0.15) is 26.2 Å². The summed E-state index contributed by atoms with van der Waals surface area (Å²) in [7, 11) is 0. The zero-order chi connectivity index (χ0) is 13.4. The van der Waals surface area contributed by atoms with Crippen LogP contribution in [0.5, 0.6) is 0 Å². The van der Waals surface area contributed by atoms with Crippen LogP contribution in [0.15, 0.2) is 0 Å². The first-order chi connectivity index (χ1) is 8.58. The Balaban J connectivity index is 2.52. The summed E-state index contributed by atoms with van der Waals surface area (Å²) >= 11 is 1.08. The number of hydrogen-bond donors (Lipinski definition) is 2. The molecular weight excluding hydrogens is 260 g/mol. The van der Waals surface area contributed by atoms with Crippen LogP contribution in [-0.2, 0) is 19.3 Å². The van der Waals surface area contributed by atoms with Gasteiger partial charge in [0.2, 0.25) is 5.79 Å². The zero-order valence-electron chi connectivity index (χ0n) is 10.5. The topological polar surface area (TPSA) is 85.2 Å². The Hall–Kier alpha value is -0.340. The first-order valence-electron chi connectivity index (χ1n) is 6.02. The van der Waals surface area contributed by atoms with Gasteiger partial charge in [-0.05, 0) is 26.2 Å². The molecule has 0 aliphatic carbocycles. The maximum Gasteiger partial charge on any atom is 0.313 e. The first-order valence-corrected chi connectivity index (χ1v) is 7.18. The van der Waals surface area contributed by atoms with Crippen LogP contribution in [0, 0.1) is 0 Å². The molecule has 18 heavy (non-hydrogen) atoms. The van der Waals surface area contributed by atoms with Gasteiger partial charge in [0.25, 0.3) is 0 Å². The Kier molecular flexibility index (Phi) is 6.95. The lowest BCUT2D eigenvalue weighted by molar-refractivity contribution is -0.433. The number of hydrogen-bond acceptors (Lipinski definition) is 6. The third kappa shape index (κ3) is 5.11. The number of rotatable bonds is 8. The van der Waals surface area contributed by atoms with Crippen molar-refractivity contribution in [1.29, 1.82) is 0 Å². The highest BCUT2D eigenvalue weighted by Gasteiger charge is 2.41. The highest BCUT2D eigenvalue weighted by atomic mass is 32.2. The molecule has 0 aromatic heterocycles. The molecule has 2 unspecified atom stereocenters. The molecule has 1 aliphatic heterocycles. The van der Waals surface area contributed by atoms with Gasteiger partial charge in [-0.15, -0.1) is 11.8 Å². The third-order valence-electron chi connectivity index (χ3n) is 2.54. The predicted octanol–water partition coefficient (Wildman–Crippen LogP) is 1.03. The van der Waals surface area contributed by atoms with Crippen LogP contribution in [0.3, 0.4) is 0 Å². The van der Waals surface area contributed by atoms with Gasteiger partial charge in [0.15, 0.2) is 0 Å². The molecule has 0 radical (unpaired) electrons. The number of thioether (sulfide) groups is 1. The highest BCUT2D eigenvalue weighted by Crippen LogP contribution is 2.28. The highest BCUT2D eigenvalue weighted by molar-refractivity contribution is 7.99. The average molecular weight is 280 g/mol. The Morgan fingerprint density at radius 3 is 2.89 bits per heavy atom. The summed E-state index contributed by atoms with van der Waals surface area (Å²) in [4.78, 5) is 20.3. The first kappa shape index (κ1) is 15.7. The fourth-order valence-corrected chi connectivity index (χ4v) is 2.52. The van der Waals surface area contributed by atoms with Crippen LogP contribution in [0.4, 0.5) is 0 Å². The SMILES string of the molecule is CCOOC(O)(CSCC(=O)O)C1CCCCO1. The number of aliphatic carboxylic acids is 1. The van der Waals surface area contributed by atoms with E-state index in [4.69, 9.17) is 19.6 Å². The maximum atomic E-state index is 10.5. The van der Waals surface area contributed by atoms with E-state index in [1.807, 2.05) is 0 Å². The minimum Gasteiger partial charge on any atom is -0.481 e. The molecule has 106 valence electrons. The summed E-state index contributed by atoms with van der Waals surface area (Å²) in [5.41, 5.74) is 0. The Morgan fingerprint density at radius 2 is 2.33 bits per heavy atom.